The second-order valence-corrected chi connectivity index (χ2v) is 9.10. The predicted molar refractivity (Wildman–Crippen MR) is 120 cm³/mol. The molecule has 0 aliphatic rings. The van der Waals surface area contributed by atoms with Gasteiger partial charge in [0.05, 0.1) is 4.90 Å². The first-order valence-corrected chi connectivity index (χ1v) is 11.6. The van der Waals surface area contributed by atoms with Gasteiger partial charge in [0.2, 0.25) is 27.6 Å². The smallest absolute Gasteiger partial charge is 0.249 e. The number of rotatable bonds is 9. The summed E-state index contributed by atoms with van der Waals surface area (Å²) in [6, 6.07) is 9.37. The fourth-order valence-corrected chi connectivity index (χ4v) is 3.93. The van der Waals surface area contributed by atoms with Crippen LogP contribution in [0.4, 0.5) is 0 Å². The monoisotopic (exact) mass is 455 g/mol. The van der Waals surface area contributed by atoms with Gasteiger partial charge in [-0.3, -0.25) is 9.78 Å². The molecule has 1 atom stereocenters. The first kappa shape index (κ1) is 23.3. The third kappa shape index (κ3) is 5.86. The van der Waals surface area contributed by atoms with E-state index in [4.69, 9.17) is 4.52 Å². The summed E-state index contributed by atoms with van der Waals surface area (Å²) in [7, 11) is -3.51. The molecular formula is C22H25N5O4S. The summed E-state index contributed by atoms with van der Waals surface area (Å²) in [4.78, 5) is 21.1. The first-order valence-electron chi connectivity index (χ1n) is 10.1. The van der Waals surface area contributed by atoms with E-state index in [0.717, 1.165) is 5.56 Å². The third-order valence-electron chi connectivity index (χ3n) is 4.54. The molecule has 9 nitrogen and oxygen atoms in total. The van der Waals surface area contributed by atoms with Crippen LogP contribution < -0.4 is 10.0 Å². The van der Waals surface area contributed by atoms with E-state index in [1.165, 1.54) is 18.2 Å². The average Bonchev–Trinajstić information content (AvgIpc) is 3.26. The van der Waals surface area contributed by atoms with Crippen LogP contribution in [0, 0.1) is 5.92 Å². The van der Waals surface area contributed by atoms with Gasteiger partial charge >= 0.3 is 0 Å². The molecule has 3 rings (SSSR count). The third-order valence-corrected chi connectivity index (χ3v) is 6.11. The lowest BCUT2D eigenvalue weighted by Gasteiger charge is -2.17. The summed E-state index contributed by atoms with van der Waals surface area (Å²) in [5, 5.41) is 6.86. The van der Waals surface area contributed by atoms with Crippen LogP contribution in [0.25, 0.3) is 17.5 Å². The Bertz CT molecular complexity index is 1170. The van der Waals surface area contributed by atoms with E-state index in [1.807, 2.05) is 19.9 Å². The fraction of sp³-hybridized carbons (Fsp3) is 0.273. The van der Waals surface area contributed by atoms with E-state index < -0.39 is 16.1 Å². The average molecular weight is 456 g/mol. The van der Waals surface area contributed by atoms with Crippen molar-refractivity contribution in [1.82, 2.24) is 25.2 Å². The van der Waals surface area contributed by atoms with Gasteiger partial charge < -0.3 is 9.84 Å². The number of amides is 1. The molecule has 3 aromatic rings. The number of carbonyl (C=O) groups is 1. The second-order valence-electron chi connectivity index (χ2n) is 7.33. The normalized spacial score (nSPS) is 12.9. The molecule has 0 aliphatic heterocycles. The number of nitrogens with one attached hydrogen (secondary N) is 2. The molecule has 1 unspecified atom stereocenters. The van der Waals surface area contributed by atoms with Gasteiger partial charge in [0.1, 0.15) is 6.04 Å². The van der Waals surface area contributed by atoms with E-state index in [0.29, 0.717) is 23.8 Å². The van der Waals surface area contributed by atoms with E-state index in [2.05, 4.69) is 25.2 Å². The molecule has 0 saturated heterocycles. The van der Waals surface area contributed by atoms with Crippen molar-refractivity contribution in [1.29, 1.82) is 0 Å². The van der Waals surface area contributed by atoms with Crippen LogP contribution in [0.2, 0.25) is 0 Å². The van der Waals surface area contributed by atoms with Crippen LogP contribution in [0.3, 0.4) is 0 Å². The number of aromatic nitrogens is 3. The molecule has 0 radical (unpaired) electrons. The molecule has 2 N–H and O–H groups in total. The summed E-state index contributed by atoms with van der Waals surface area (Å²) >= 11 is 0. The molecule has 0 fully saturated rings. The van der Waals surface area contributed by atoms with E-state index in [9.17, 15) is 13.2 Å². The minimum absolute atomic E-state index is 0.00473. The highest BCUT2D eigenvalue weighted by Gasteiger charge is 2.24. The van der Waals surface area contributed by atoms with Crippen molar-refractivity contribution in [3.8, 4) is 11.4 Å². The molecule has 2 aromatic heterocycles. The zero-order valence-electron chi connectivity index (χ0n) is 18.0. The van der Waals surface area contributed by atoms with Gasteiger partial charge in [-0.15, -0.1) is 0 Å². The predicted octanol–water partition coefficient (Wildman–Crippen LogP) is 2.96. The SMILES string of the molecule is CCNS(=O)(=O)c1ccc(/C=C/C(=O)NC(c2nc(-c3cccnc3)no2)C(C)C)cc1. The quantitative estimate of drug-likeness (QED) is 0.475. The van der Waals surface area contributed by atoms with Crippen molar-refractivity contribution in [2.24, 2.45) is 5.92 Å². The summed E-state index contributed by atoms with van der Waals surface area (Å²) < 4.78 is 31.8. The number of hydrogen-bond donors (Lipinski definition) is 2. The summed E-state index contributed by atoms with van der Waals surface area (Å²) in [5.74, 6) is 0.369. The number of pyridine rings is 1. The van der Waals surface area contributed by atoms with Gasteiger partial charge in [-0.1, -0.05) is 38.1 Å². The van der Waals surface area contributed by atoms with Gasteiger partial charge in [-0.05, 0) is 41.8 Å². The molecular weight excluding hydrogens is 430 g/mol. The Hall–Kier alpha value is -3.37. The first-order chi connectivity index (χ1) is 15.3. The number of sulfonamides is 1. The van der Waals surface area contributed by atoms with Gasteiger partial charge in [-0.2, -0.15) is 4.98 Å². The van der Waals surface area contributed by atoms with Gasteiger partial charge in [0.25, 0.3) is 0 Å². The molecule has 0 spiro atoms. The number of hydrogen-bond acceptors (Lipinski definition) is 7. The highest BCUT2D eigenvalue weighted by Crippen LogP contribution is 2.23. The molecule has 1 aromatic carbocycles. The Balaban J connectivity index is 1.68. The van der Waals surface area contributed by atoms with Crippen molar-refractivity contribution in [3.05, 3.63) is 66.3 Å². The Labute approximate surface area is 187 Å². The molecule has 0 saturated carbocycles. The molecule has 168 valence electrons. The van der Waals surface area contributed by atoms with Crippen LogP contribution in [0.15, 0.2) is 64.3 Å². The maximum atomic E-state index is 12.5. The Kier molecular flexibility index (Phi) is 7.49. The molecule has 1 amide bonds. The van der Waals surface area contributed by atoms with Gasteiger partial charge in [0.15, 0.2) is 0 Å². The van der Waals surface area contributed by atoms with Crippen LogP contribution in [-0.2, 0) is 14.8 Å². The summed E-state index contributed by atoms with van der Waals surface area (Å²) in [6.45, 7) is 5.90. The van der Waals surface area contributed by atoms with E-state index >= 15 is 0 Å². The van der Waals surface area contributed by atoms with Crippen LogP contribution in [0.1, 0.15) is 38.3 Å². The molecule has 2 heterocycles. The number of benzene rings is 1. The lowest BCUT2D eigenvalue weighted by Crippen LogP contribution is -2.30. The highest BCUT2D eigenvalue weighted by atomic mass is 32.2. The lowest BCUT2D eigenvalue weighted by atomic mass is 10.0. The van der Waals surface area contributed by atoms with E-state index in [-0.39, 0.29) is 16.7 Å². The molecule has 32 heavy (non-hydrogen) atoms. The standard InChI is InChI=1S/C22H25N5O4S/c1-4-24-32(29,30)18-10-7-16(8-11-18)9-12-19(28)25-20(15(2)3)22-26-21(27-31-22)17-6-5-13-23-14-17/h5-15,20,24H,4H2,1-3H3,(H,25,28)/b12-9+. The lowest BCUT2D eigenvalue weighted by molar-refractivity contribution is -0.117. The Morgan fingerprint density at radius 3 is 2.56 bits per heavy atom. The zero-order valence-corrected chi connectivity index (χ0v) is 18.8. The minimum atomic E-state index is -3.51. The van der Waals surface area contributed by atoms with Crippen molar-refractivity contribution in [2.75, 3.05) is 6.54 Å². The number of nitrogens with zero attached hydrogens (tertiary/aromatic N) is 3. The van der Waals surface area contributed by atoms with Crippen molar-refractivity contribution < 1.29 is 17.7 Å². The fourth-order valence-electron chi connectivity index (χ4n) is 2.89. The van der Waals surface area contributed by atoms with Crippen LogP contribution in [-0.4, -0.2) is 36.0 Å². The minimum Gasteiger partial charge on any atom is -0.340 e. The van der Waals surface area contributed by atoms with Crippen molar-refractivity contribution in [2.45, 2.75) is 31.7 Å². The largest absolute Gasteiger partial charge is 0.340 e. The molecule has 0 bridgehead atoms. The van der Waals surface area contributed by atoms with E-state index in [1.54, 1.807) is 43.6 Å². The Morgan fingerprint density at radius 2 is 1.94 bits per heavy atom. The summed E-state index contributed by atoms with van der Waals surface area (Å²) in [5.41, 5.74) is 1.41. The van der Waals surface area contributed by atoms with Gasteiger partial charge in [-0.25, -0.2) is 13.1 Å². The van der Waals surface area contributed by atoms with Gasteiger partial charge in [0, 0.05) is 30.6 Å². The maximum absolute atomic E-state index is 12.5. The topological polar surface area (TPSA) is 127 Å². The summed E-state index contributed by atoms with van der Waals surface area (Å²) in [6.07, 6.45) is 6.27. The Morgan fingerprint density at radius 1 is 1.19 bits per heavy atom. The van der Waals surface area contributed by atoms with Crippen molar-refractivity contribution in [3.63, 3.8) is 0 Å². The molecule has 0 aliphatic carbocycles. The zero-order chi connectivity index (χ0) is 23.1. The second kappa shape index (κ2) is 10.3. The number of carbonyl (C=O) groups excluding carboxylic acids is 1. The molecule has 10 heteroatoms. The van der Waals surface area contributed by atoms with Crippen molar-refractivity contribution >= 4 is 22.0 Å². The van der Waals surface area contributed by atoms with Crippen LogP contribution in [0.5, 0.6) is 0 Å². The maximum Gasteiger partial charge on any atom is 0.249 e. The van der Waals surface area contributed by atoms with Crippen LogP contribution >= 0.6 is 0 Å². The highest BCUT2D eigenvalue weighted by molar-refractivity contribution is 7.89.